The second-order valence-corrected chi connectivity index (χ2v) is 8.19. The zero-order valence-electron chi connectivity index (χ0n) is 17.2. The van der Waals surface area contributed by atoms with Crippen LogP contribution in [0.25, 0.3) is 0 Å². The van der Waals surface area contributed by atoms with Gasteiger partial charge >= 0.3 is 12.2 Å². The Morgan fingerprint density at radius 2 is 1.52 bits per heavy atom. The summed E-state index contributed by atoms with van der Waals surface area (Å²) in [5, 5.41) is 0.911. The summed E-state index contributed by atoms with van der Waals surface area (Å²) in [6, 6.07) is 8.74. The van der Waals surface area contributed by atoms with Gasteiger partial charge in [-0.25, -0.2) is 15.0 Å². The number of carbonyl (C=O) groups excluding carboxylic acids is 3. The summed E-state index contributed by atoms with van der Waals surface area (Å²) in [4.78, 5) is 37.4. The van der Waals surface area contributed by atoms with E-state index in [0.29, 0.717) is 11.8 Å². The van der Waals surface area contributed by atoms with Crippen LogP contribution in [0.2, 0.25) is 0 Å². The molecule has 1 aromatic rings. The SMILES string of the molecule is CC[C@@](C=O)(c1ccccc1)N(NC(=O)OC(C)(C)C)C(=O)OC(C)(C)C. The smallest absolute Gasteiger partial charge is 0.430 e. The van der Waals surface area contributed by atoms with Gasteiger partial charge in [-0.1, -0.05) is 37.3 Å². The summed E-state index contributed by atoms with van der Waals surface area (Å²) in [6.07, 6.45) is -0.866. The topological polar surface area (TPSA) is 84.9 Å². The lowest BCUT2D eigenvalue weighted by atomic mass is 9.88. The predicted molar refractivity (Wildman–Crippen MR) is 102 cm³/mol. The molecule has 1 rings (SSSR count). The quantitative estimate of drug-likeness (QED) is 0.628. The van der Waals surface area contributed by atoms with Gasteiger partial charge in [0.2, 0.25) is 0 Å². The molecule has 0 bridgehead atoms. The van der Waals surface area contributed by atoms with Crippen LogP contribution in [0.1, 0.15) is 60.5 Å². The molecule has 0 saturated heterocycles. The summed E-state index contributed by atoms with van der Waals surface area (Å²) >= 11 is 0. The van der Waals surface area contributed by atoms with Gasteiger partial charge in [0.05, 0.1) is 0 Å². The van der Waals surface area contributed by atoms with Crippen LogP contribution in [0.15, 0.2) is 30.3 Å². The molecule has 1 N–H and O–H groups in total. The number of carbonyl (C=O) groups is 3. The fraction of sp³-hybridized carbons (Fsp3) is 0.550. The van der Waals surface area contributed by atoms with Crippen molar-refractivity contribution in [2.24, 2.45) is 0 Å². The molecule has 0 fully saturated rings. The molecule has 0 aliphatic carbocycles. The molecule has 27 heavy (non-hydrogen) atoms. The van der Waals surface area contributed by atoms with Crippen molar-refractivity contribution >= 4 is 18.5 Å². The van der Waals surface area contributed by atoms with Gasteiger partial charge in [0.15, 0.2) is 6.29 Å². The van der Waals surface area contributed by atoms with Crippen LogP contribution in [0.4, 0.5) is 9.59 Å². The molecule has 7 heteroatoms. The zero-order valence-corrected chi connectivity index (χ0v) is 17.2. The third-order valence-corrected chi connectivity index (χ3v) is 3.58. The van der Waals surface area contributed by atoms with Crippen molar-refractivity contribution in [2.75, 3.05) is 0 Å². The Bertz CT molecular complexity index is 661. The first-order valence-electron chi connectivity index (χ1n) is 8.89. The standard InChI is InChI=1S/C20H30N2O5/c1-8-20(14-23,15-12-10-9-11-13-15)22(17(25)27-19(5,6)7)21-16(24)26-18(2,3)4/h9-14H,8H2,1-7H3,(H,21,24)/t20-/m1/s1. The van der Waals surface area contributed by atoms with Crippen LogP contribution in [-0.4, -0.2) is 34.7 Å². The van der Waals surface area contributed by atoms with E-state index in [0.717, 1.165) is 5.01 Å². The second kappa shape index (κ2) is 8.41. The van der Waals surface area contributed by atoms with Crippen molar-refractivity contribution in [1.82, 2.24) is 10.4 Å². The van der Waals surface area contributed by atoms with Gasteiger partial charge in [-0.05, 0) is 53.5 Å². The number of hydrogen-bond donors (Lipinski definition) is 1. The second-order valence-electron chi connectivity index (χ2n) is 8.19. The Morgan fingerprint density at radius 1 is 1.00 bits per heavy atom. The number of rotatable bonds is 4. The molecule has 7 nitrogen and oxygen atoms in total. The van der Waals surface area contributed by atoms with E-state index in [1.165, 1.54) is 0 Å². The minimum absolute atomic E-state index is 0.218. The van der Waals surface area contributed by atoms with Gasteiger partial charge in [0.25, 0.3) is 0 Å². The lowest BCUT2D eigenvalue weighted by molar-refractivity contribution is -0.122. The van der Waals surface area contributed by atoms with Gasteiger partial charge in [-0.2, -0.15) is 5.01 Å². The van der Waals surface area contributed by atoms with E-state index in [2.05, 4.69) is 5.43 Å². The fourth-order valence-electron chi connectivity index (χ4n) is 2.43. The average Bonchev–Trinajstić information content (AvgIpc) is 2.53. The molecule has 150 valence electrons. The molecule has 1 aromatic carbocycles. The van der Waals surface area contributed by atoms with Gasteiger partial charge in [0, 0.05) is 0 Å². The van der Waals surface area contributed by atoms with Gasteiger partial charge in [-0.15, -0.1) is 0 Å². The highest BCUT2D eigenvalue weighted by atomic mass is 16.6. The van der Waals surface area contributed by atoms with Crippen molar-refractivity contribution in [3.8, 4) is 0 Å². The lowest BCUT2D eigenvalue weighted by Crippen LogP contribution is -2.60. The van der Waals surface area contributed by atoms with E-state index in [9.17, 15) is 14.4 Å². The van der Waals surface area contributed by atoms with E-state index in [1.54, 1.807) is 78.8 Å². The molecular formula is C20H30N2O5. The number of nitrogens with one attached hydrogen (secondary N) is 1. The zero-order chi connectivity index (χ0) is 20.9. The third-order valence-electron chi connectivity index (χ3n) is 3.58. The number of ether oxygens (including phenoxy) is 2. The van der Waals surface area contributed by atoms with E-state index in [1.807, 2.05) is 0 Å². The van der Waals surface area contributed by atoms with Crippen LogP contribution < -0.4 is 5.43 Å². The van der Waals surface area contributed by atoms with Crippen LogP contribution in [-0.2, 0) is 19.8 Å². The fourth-order valence-corrected chi connectivity index (χ4v) is 2.43. The Labute approximate surface area is 161 Å². The first-order valence-corrected chi connectivity index (χ1v) is 8.89. The molecule has 0 heterocycles. The van der Waals surface area contributed by atoms with E-state index in [4.69, 9.17) is 9.47 Å². The average molecular weight is 378 g/mol. The molecule has 0 radical (unpaired) electrons. The molecule has 2 amide bonds. The number of nitrogens with zero attached hydrogens (tertiary/aromatic N) is 1. The maximum Gasteiger partial charge on any atom is 0.430 e. The molecule has 0 saturated carbocycles. The predicted octanol–water partition coefficient (Wildman–Crippen LogP) is 4.17. The summed E-state index contributed by atoms with van der Waals surface area (Å²) in [7, 11) is 0. The van der Waals surface area contributed by atoms with E-state index >= 15 is 0 Å². The minimum atomic E-state index is -1.44. The third kappa shape index (κ3) is 6.27. The van der Waals surface area contributed by atoms with E-state index < -0.39 is 28.9 Å². The molecule has 0 unspecified atom stereocenters. The van der Waals surface area contributed by atoms with Crippen molar-refractivity contribution in [3.05, 3.63) is 35.9 Å². The largest absolute Gasteiger partial charge is 0.443 e. The summed E-state index contributed by atoms with van der Waals surface area (Å²) in [6.45, 7) is 12.0. The van der Waals surface area contributed by atoms with Gasteiger partial charge < -0.3 is 14.3 Å². The Kier molecular flexibility index (Phi) is 7.00. The highest BCUT2D eigenvalue weighted by Crippen LogP contribution is 2.30. The Hall–Kier alpha value is -2.57. The van der Waals surface area contributed by atoms with Crippen LogP contribution in [0, 0.1) is 0 Å². The van der Waals surface area contributed by atoms with Crippen molar-refractivity contribution in [1.29, 1.82) is 0 Å². The lowest BCUT2D eigenvalue weighted by Gasteiger charge is -2.40. The highest BCUT2D eigenvalue weighted by molar-refractivity contribution is 5.81. The normalized spacial score (nSPS) is 13.9. The summed E-state index contributed by atoms with van der Waals surface area (Å²) in [5.74, 6) is 0. The van der Waals surface area contributed by atoms with Gasteiger partial charge in [0.1, 0.15) is 16.7 Å². The monoisotopic (exact) mass is 378 g/mol. The minimum Gasteiger partial charge on any atom is -0.443 e. The van der Waals surface area contributed by atoms with Crippen LogP contribution in [0.3, 0.4) is 0 Å². The molecule has 0 aromatic heterocycles. The molecular weight excluding hydrogens is 348 g/mol. The van der Waals surface area contributed by atoms with E-state index in [-0.39, 0.29) is 6.42 Å². The first-order chi connectivity index (χ1) is 12.3. The van der Waals surface area contributed by atoms with Gasteiger partial charge in [-0.3, -0.25) is 0 Å². The summed E-state index contributed by atoms with van der Waals surface area (Å²) < 4.78 is 10.7. The Balaban J connectivity index is 3.38. The van der Waals surface area contributed by atoms with Crippen molar-refractivity contribution < 1.29 is 23.9 Å². The number of hydrazine groups is 1. The maximum absolute atomic E-state index is 12.9. The molecule has 0 spiro atoms. The number of benzene rings is 1. The maximum atomic E-state index is 12.9. The number of amides is 2. The molecule has 0 aliphatic rings. The van der Waals surface area contributed by atoms with Crippen LogP contribution in [0.5, 0.6) is 0 Å². The highest BCUT2D eigenvalue weighted by Gasteiger charge is 2.44. The number of hydrogen-bond acceptors (Lipinski definition) is 5. The molecule has 0 aliphatic heterocycles. The first kappa shape index (κ1) is 22.5. The number of aldehydes is 1. The van der Waals surface area contributed by atoms with Crippen molar-refractivity contribution in [3.63, 3.8) is 0 Å². The Morgan fingerprint density at radius 3 is 1.93 bits per heavy atom. The molecule has 1 atom stereocenters. The van der Waals surface area contributed by atoms with Crippen LogP contribution >= 0.6 is 0 Å². The van der Waals surface area contributed by atoms with Crippen molar-refractivity contribution in [2.45, 2.75) is 71.6 Å². The summed E-state index contributed by atoms with van der Waals surface area (Å²) in [5.41, 5.74) is -0.0815.